The number of carbonyl (C=O) groups is 1. The molecule has 0 radical (unpaired) electrons. The molecular formula is C7H9NO3. The van der Waals surface area contributed by atoms with Crippen LogP contribution < -0.4 is 5.90 Å². The first-order valence-electron chi connectivity index (χ1n) is 3.19. The van der Waals surface area contributed by atoms with Crippen LogP contribution in [0.2, 0.25) is 0 Å². The molecule has 0 bridgehead atoms. The molecular weight excluding hydrogens is 146 g/mol. The van der Waals surface area contributed by atoms with Gasteiger partial charge in [-0.2, -0.15) is 5.90 Å². The highest BCUT2D eigenvalue weighted by Crippen LogP contribution is 2.15. The van der Waals surface area contributed by atoms with Gasteiger partial charge in [0.1, 0.15) is 11.7 Å². The molecule has 1 aromatic rings. The number of carbonyl (C=O) groups excluding carboxylic acids is 1. The molecule has 4 heteroatoms. The second-order valence-corrected chi connectivity index (χ2v) is 2.17. The van der Waals surface area contributed by atoms with Crippen molar-refractivity contribution in [3.63, 3.8) is 0 Å². The quantitative estimate of drug-likeness (QED) is 0.641. The maximum absolute atomic E-state index is 10.8. The number of rotatable bonds is 2. The Morgan fingerprint density at radius 2 is 2.55 bits per heavy atom. The predicted molar refractivity (Wildman–Crippen MR) is 37.4 cm³/mol. The fourth-order valence-electron chi connectivity index (χ4n) is 0.756. The molecule has 2 N–H and O–H groups in total. The van der Waals surface area contributed by atoms with Crippen LogP contribution in [0, 0.1) is 0 Å². The normalized spacial score (nSPS) is 12.5. The molecule has 0 spiro atoms. The van der Waals surface area contributed by atoms with Crippen LogP contribution >= 0.6 is 0 Å². The van der Waals surface area contributed by atoms with Crippen LogP contribution in [0.4, 0.5) is 0 Å². The van der Waals surface area contributed by atoms with Crippen molar-refractivity contribution in [2.75, 3.05) is 0 Å². The monoisotopic (exact) mass is 155 g/mol. The largest absolute Gasteiger partial charge is 0.468 e. The molecule has 0 saturated heterocycles. The third-order valence-electron chi connectivity index (χ3n) is 1.44. The van der Waals surface area contributed by atoms with Crippen molar-refractivity contribution in [1.29, 1.82) is 0 Å². The summed E-state index contributed by atoms with van der Waals surface area (Å²) in [6.45, 7) is 1.66. The standard InChI is InChI=1S/C7H9NO3/c1-5(7(9)11-8)6-3-2-4-10-6/h2-5H,8H2,1H3. The summed E-state index contributed by atoms with van der Waals surface area (Å²) in [4.78, 5) is 14.8. The molecule has 1 atom stereocenters. The zero-order chi connectivity index (χ0) is 8.27. The zero-order valence-electron chi connectivity index (χ0n) is 6.11. The third-order valence-corrected chi connectivity index (χ3v) is 1.44. The fraction of sp³-hybridized carbons (Fsp3) is 0.286. The van der Waals surface area contributed by atoms with Gasteiger partial charge in [-0.15, -0.1) is 0 Å². The Morgan fingerprint density at radius 3 is 3.00 bits per heavy atom. The Kier molecular flexibility index (Phi) is 2.28. The molecule has 0 aliphatic carbocycles. The van der Waals surface area contributed by atoms with Crippen LogP contribution in [-0.4, -0.2) is 5.97 Å². The average Bonchev–Trinajstić information content (AvgIpc) is 2.53. The summed E-state index contributed by atoms with van der Waals surface area (Å²) in [5, 5.41) is 0. The lowest BCUT2D eigenvalue weighted by Gasteiger charge is -2.03. The highest BCUT2D eigenvalue weighted by Gasteiger charge is 2.18. The van der Waals surface area contributed by atoms with E-state index in [1.54, 1.807) is 19.1 Å². The van der Waals surface area contributed by atoms with E-state index in [2.05, 4.69) is 10.7 Å². The maximum atomic E-state index is 10.8. The molecule has 1 aromatic heterocycles. The van der Waals surface area contributed by atoms with Crippen LogP contribution in [0.25, 0.3) is 0 Å². The molecule has 1 rings (SSSR count). The molecule has 60 valence electrons. The van der Waals surface area contributed by atoms with Crippen molar-refractivity contribution in [2.24, 2.45) is 5.90 Å². The Morgan fingerprint density at radius 1 is 1.82 bits per heavy atom. The van der Waals surface area contributed by atoms with E-state index in [0.717, 1.165) is 0 Å². The van der Waals surface area contributed by atoms with Crippen molar-refractivity contribution >= 4 is 5.97 Å². The highest BCUT2D eigenvalue weighted by molar-refractivity contribution is 5.76. The molecule has 0 aliphatic heterocycles. The van der Waals surface area contributed by atoms with Crippen molar-refractivity contribution in [3.05, 3.63) is 24.2 Å². The van der Waals surface area contributed by atoms with Crippen molar-refractivity contribution in [3.8, 4) is 0 Å². The Hall–Kier alpha value is -1.29. The van der Waals surface area contributed by atoms with Gasteiger partial charge in [0, 0.05) is 0 Å². The summed E-state index contributed by atoms with van der Waals surface area (Å²) >= 11 is 0. The molecule has 0 amide bonds. The summed E-state index contributed by atoms with van der Waals surface area (Å²) < 4.78 is 4.96. The zero-order valence-corrected chi connectivity index (χ0v) is 6.11. The first-order valence-corrected chi connectivity index (χ1v) is 3.19. The molecule has 11 heavy (non-hydrogen) atoms. The number of hydrogen-bond donors (Lipinski definition) is 1. The third kappa shape index (κ3) is 1.59. The average molecular weight is 155 g/mol. The Balaban J connectivity index is 2.70. The van der Waals surface area contributed by atoms with E-state index < -0.39 is 11.9 Å². The topological polar surface area (TPSA) is 65.5 Å². The molecule has 0 aliphatic rings. The van der Waals surface area contributed by atoms with Gasteiger partial charge in [0.15, 0.2) is 0 Å². The van der Waals surface area contributed by atoms with Crippen LogP contribution in [0.1, 0.15) is 18.6 Å². The van der Waals surface area contributed by atoms with E-state index in [4.69, 9.17) is 4.42 Å². The molecule has 0 aromatic carbocycles. The lowest BCUT2D eigenvalue weighted by Crippen LogP contribution is -2.16. The van der Waals surface area contributed by atoms with E-state index in [0.29, 0.717) is 5.76 Å². The number of nitrogens with two attached hydrogens (primary N) is 1. The van der Waals surface area contributed by atoms with Crippen LogP contribution in [0.3, 0.4) is 0 Å². The van der Waals surface area contributed by atoms with E-state index in [-0.39, 0.29) is 0 Å². The summed E-state index contributed by atoms with van der Waals surface area (Å²) in [5.74, 6) is 4.31. The summed E-state index contributed by atoms with van der Waals surface area (Å²) in [6, 6.07) is 3.40. The van der Waals surface area contributed by atoms with Crippen LogP contribution in [-0.2, 0) is 9.63 Å². The van der Waals surface area contributed by atoms with Gasteiger partial charge in [-0.1, -0.05) is 0 Å². The van der Waals surface area contributed by atoms with Gasteiger partial charge in [-0.05, 0) is 19.1 Å². The van der Waals surface area contributed by atoms with E-state index >= 15 is 0 Å². The van der Waals surface area contributed by atoms with Crippen LogP contribution in [0.15, 0.2) is 22.8 Å². The van der Waals surface area contributed by atoms with Gasteiger partial charge in [0.05, 0.1) is 6.26 Å². The van der Waals surface area contributed by atoms with E-state index in [1.807, 2.05) is 0 Å². The Labute approximate surface area is 63.9 Å². The summed E-state index contributed by atoms with van der Waals surface area (Å²) in [5.41, 5.74) is 0. The van der Waals surface area contributed by atoms with Crippen molar-refractivity contribution in [1.82, 2.24) is 0 Å². The number of hydrogen-bond acceptors (Lipinski definition) is 4. The van der Waals surface area contributed by atoms with Gasteiger partial charge < -0.3 is 9.25 Å². The second-order valence-electron chi connectivity index (χ2n) is 2.17. The predicted octanol–water partition coefficient (Wildman–Crippen LogP) is 0.800. The van der Waals surface area contributed by atoms with E-state index in [1.165, 1.54) is 6.26 Å². The first kappa shape index (κ1) is 7.81. The molecule has 0 fully saturated rings. The minimum Gasteiger partial charge on any atom is -0.468 e. The van der Waals surface area contributed by atoms with Gasteiger partial charge in [-0.3, -0.25) is 0 Å². The van der Waals surface area contributed by atoms with Crippen LogP contribution in [0.5, 0.6) is 0 Å². The molecule has 1 unspecified atom stereocenters. The SMILES string of the molecule is CC(C(=O)ON)c1ccco1. The molecule has 0 saturated carbocycles. The van der Waals surface area contributed by atoms with E-state index in [9.17, 15) is 4.79 Å². The summed E-state index contributed by atoms with van der Waals surface area (Å²) in [6.07, 6.45) is 1.50. The van der Waals surface area contributed by atoms with Crippen molar-refractivity contribution in [2.45, 2.75) is 12.8 Å². The smallest absolute Gasteiger partial charge is 0.334 e. The fourth-order valence-corrected chi connectivity index (χ4v) is 0.756. The highest BCUT2D eigenvalue weighted by atomic mass is 16.7. The lowest BCUT2D eigenvalue weighted by atomic mass is 10.1. The van der Waals surface area contributed by atoms with Gasteiger partial charge in [0.2, 0.25) is 0 Å². The second kappa shape index (κ2) is 3.21. The first-order chi connectivity index (χ1) is 5.25. The number of furan rings is 1. The Bertz CT molecular complexity index is 230. The van der Waals surface area contributed by atoms with Gasteiger partial charge in [0.25, 0.3) is 0 Å². The lowest BCUT2D eigenvalue weighted by molar-refractivity contribution is -0.146. The molecule has 1 heterocycles. The van der Waals surface area contributed by atoms with Gasteiger partial charge in [-0.25, -0.2) is 4.79 Å². The molecule has 4 nitrogen and oxygen atoms in total. The van der Waals surface area contributed by atoms with Crippen molar-refractivity contribution < 1.29 is 14.0 Å². The van der Waals surface area contributed by atoms with Gasteiger partial charge >= 0.3 is 5.97 Å². The summed E-state index contributed by atoms with van der Waals surface area (Å²) in [7, 11) is 0. The minimum atomic E-state index is -0.500. The minimum absolute atomic E-state index is 0.435. The maximum Gasteiger partial charge on any atom is 0.334 e.